The SMILES string of the molecule is CC(C)Oc1ccc(-c2nc(-c3cccc4c3CC[C@H]4NS(=O)(=O)CC(=O)N3CCC3)no2)cc1C#N. The number of ether oxygens (including phenoxy) is 1. The molecule has 2 aromatic carbocycles. The van der Waals surface area contributed by atoms with Gasteiger partial charge in [0.2, 0.25) is 21.8 Å². The number of benzene rings is 2. The molecule has 2 aliphatic rings. The number of nitriles is 1. The maximum atomic E-state index is 12.7. The van der Waals surface area contributed by atoms with Gasteiger partial charge in [0.15, 0.2) is 0 Å². The Balaban J connectivity index is 1.36. The molecule has 37 heavy (non-hydrogen) atoms. The average Bonchev–Trinajstić information content (AvgIpc) is 3.45. The molecule has 0 saturated carbocycles. The van der Waals surface area contributed by atoms with Crippen LogP contribution in [0.1, 0.15) is 49.4 Å². The van der Waals surface area contributed by atoms with Gasteiger partial charge in [-0.2, -0.15) is 10.2 Å². The standard InChI is InChI=1S/C26H27N5O5S/c1-16(2)35-23-10-7-17(13-18(23)14-27)26-28-25(29-36-26)21-6-3-5-20-19(21)8-9-22(20)30-37(33,34)15-24(32)31-11-4-12-31/h3,5-7,10,13,16,22,30H,4,8-9,11-12,15H2,1-2H3/t22-/m1/s1. The first kappa shape index (κ1) is 24.9. The van der Waals surface area contributed by atoms with Crippen LogP contribution in [0.2, 0.25) is 0 Å². The van der Waals surface area contributed by atoms with Crippen LogP contribution >= 0.6 is 0 Å². The van der Waals surface area contributed by atoms with E-state index in [0.717, 1.165) is 23.1 Å². The molecule has 5 rings (SSSR count). The predicted molar refractivity (Wildman–Crippen MR) is 135 cm³/mol. The lowest BCUT2D eigenvalue weighted by Crippen LogP contribution is -2.46. The average molecular weight is 522 g/mol. The van der Waals surface area contributed by atoms with Gasteiger partial charge in [-0.05, 0) is 62.4 Å². The fourth-order valence-corrected chi connectivity index (χ4v) is 5.89. The minimum Gasteiger partial charge on any atom is -0.490 e. The quantitative estimate of drug-likeness (QED) is 0.477. The molecule has 1 atom stereocenters. The smallest absolute Gasteiger partial charge is 0.258 e. The summed E-state index contributed by atoms with van der Waals surface area (Å²) < 4.78 is 39.2. The number of hydrogen-bond donors (Lipinski definition) is 1. The van der Waals surface area contributed by atoms with E-state index in [2.05, 4.69) is 20.9 Å². The zero-order valence-electron chi connectivity index (χ0n) is 20.6. The lowest BCUT2D eigenvalue weighted by atomic mass is 10.0. The molecule has 11 heteroatoms. The second-order valence-electron chi connectivity index (χ2n) is 9.49. The first-order valence-electron chi connectivity index (χ1n) is 12.2. The lowest BCUT2D eigenvalue weighted by Gasteiger charge is -2.30. The van der Waals surface area contributed by atoms with Gasteiger partial charge in [0.1, 0.15) is 17.6 Å². The van der Waals surface area contributed by atoms with Crippen molar-refractivity contribution in [3.8, 4) is 34.7 Å². The minimum atomic E-state index is -3.78. The number of likely N-dealkylation sites (tertiary alicyclic amines) is 1. The zero-order chi connectivity index (χ0) is 26.2. The first-order valence-corrected chi connectivity index (χ1v) is 13.8. The summed E-state index contributed by atoms with van der Waals surface area (Å²) >= 11 is 0. The minimum absolute atomic E-state index is 0.0672. The summed E-state index contributed by atoms with van der Waals surface area (Å²) in [6.45, 7) is 5.01. The van der Waals surface area contributed by atoms with E-state index in [9.17, 15) is 18.5 Å². The van der Waals surface area contributed by atoms with Crippen LogP contribution in [0.25, 0.3) is 22.8 Å². The summed E-state index contributed by atoms with van der Waals surface area (Å²) in [5, 5.41) is 13.7. The lowest BCUT2D eigenvalue weighted by molar-refractivity contribution is -0.131. The number of nitrogens with zero attached hydrogens (tertiary/aromatic N) is 4. The number of carbonyl (C=O) groups is 1. The Kier molecular flexibility index (Phi) is 6.70. The van der Waals surface area contributed by atoms with Gasteiger partial charge in [-0.15, -0.1) is 0 Å². The predicted octanol–water partition coefficient (Wildman–Crippen LogP) is 3.20. The van der Waals surface area contributed by atoms with Crippen molar-refractivity contribution >= 4 is 15.9 Å². The normalized spacial score (nSPS) is 16.8. The van der Waals surface area contributed by atoms with Crippen molar-refractivity contribution in [2.24, 2.45) is 0 Å². The van der Waals surface area contributed by atoms with Crippen LogP contribution in [-0.4, -0.2) is 54.3 Å². The molecule has 3 aromatic rings. The molecule has 1 aliphatic carbocycles. The van der Waals surface area contributed by atoms with Crippen LogP contribution in [0.4, 0.5) is 0 Å². The molecule has 1 N–H and O–H groups in total. The molecule has 0 unspecified atom stereocenters. The summed E-state index contributed by atoms with van der Waals surface area (Å²) in [4.78, 5) is 18.3. The van der Waals surface area contributed by atoms with Crippen LogP contribution in [-0.2, 0) is 21.2 Å². The van der Waals surface area contributed by atoms with Crippen molar-refractivity contribution in [2.45, 2.75) is 45.3 Å². The summed E-state index contributed by atoms with van der Waals surface area (Å²) in [6.07, 6.45) is 2.04. The van der Waals surface area contributed by atoms with Gasteiger partial charge in [-0.25, -0.2) is 13.1 Å². The van der Waals surface area contributed by atoms with Gasteiger partial charge >= 0.3 is 0 Å². The summed E-state index contributed by atoms with van der Waals surface area (Å²) in [5.74, 6) is 0.220. The number of fused-ring (bicyclic) bond motifs is 1. The maximum Gasteiger partial charge on any atom is 0.258 e. The van der Waals surface area contributed by atoms with Crippen molar-refractivity contribution in [1.29, 1.82) is 5.26 Å². The Hall–Kier alpha value is -3.75. The Morgan fingerprint density at radius 1 is 1.30 bits per heavy atom. The van der Waals surface area contributed by atoms with Gasteiger partial charge < -0.3 is 14.2 Å². The van der Waals surface area contributed by atoms with Crippen molar-refractivity contribution in [3.05, 3.63) is 53.1 Å². The Morgan fingerprint density at radius 2 is 2.11 bits per heavy atom. The molecular formula is C26H27N5O5S. The highest BCUT2D eigenvalue weighted by Crippen LogP contribution is 2.38. The third-order valence-corrected chi connectivity index (χ3v) is 7.76. The Bertz CT molecular complexity index is 1490. The molecule has 10 nitrogen and oxygen atoms in total. The molecular weight excluding hydrogens is 494 g/mol. The molecule has 1 saturated heterocycles. The van der Waals surface area contributed by atoms with E-state index in [4.69, 9.17) is 9.26 Å². The van der Waals surface area contributed by atoms with Crippen LogP contribution in [0.15, 0.2) is 40.9 Å². The number of hydrogen-bond acceptors (Lipinski definition) is 8. The molecule has 0 bridgehead atoms. The molecule has 1 fully saturated rings. The number of nitrogens with one attached hydrogen (secondary N) is 1. The van der Waals surface area contributed by atoms with Crippen LogP contribution in [0.5, 0.6) is 5.75 Å². The van der Waals surface area contributed by atoms with Gasteiger partial charge in [-0.3, -0.25) is 4.79 Å². The van der Waals surface area contributed by atoms with Crippen molar-refractivity contribution in [1.82, 2.24) is 19.8 Å². The third-order valence-electron chi connectivity index (χ3n) is 6.49. The molecule has 192 valence electrons. The van der Waals surface area contributed by atoms with Crippen molar-refractivity contribution < 1.29 is 22.5 Å². The Morgan fingerprint density at radius 3 is 2.81 bits per heavy atom. The number of aromatic nitrogens is 2. The van der Waals surface area contributed by atoms with Gasteiger partial charge in [0, 0.05) is 30.3 Å². The highest BCUT2D eigenvalue weighted by molar-refractivity contribution is 7.90. The largest absolute Gasteiger partial charge is 0.490 e. The molecule has 1 aromatic heterocycles. The van der Waals surface area contributed by atoms with Crippen LogP contribution in [0.3, 0.4) is 0 Å². The van der Waals surface area contributed by atoms with E-state index in [1.54, 1.807) is 23.1 Å². The fourth-order valence-electron chi connectivity index (χ4n) is 4.62. The monoisotopic (exact) mass is 521 g/mol. The topological polar surface area (TPSA) is 138 Å². The summed E-state index contributed by atoms with van der Waals surface area (Å²) in [7, 11) is -3.78. The van der Waals surface area contributed by atoms with E-state index in [1.165, 1.54) is 0 Å². The van der Waals surface area contributed by atoms with Gasteiger partial charge in [-0.1, -0.05) is 23.4 Å². The zero-order valence-corrected chi connectivity index (χ0v) is 21.4. The van der Waals surface area contributed by atoms with Gasteiger partial charge in [0.25, 0.3) is 5.89 Å². The van der Waals surface area contributed by atoms with Crippen LogP contribution < -0.4 is 9.46 Å². The number of carbonyl (C=O) groups excluding carboxylic acids is 1. The molecule has 0 radical (unpaired) electrons. The molecule has 2 heterocycles. The summed E-state index contributed by atoms with van der Waals surface area (Å²) in [5.41, 5.74) is 3.50. The van der Waals surface area contributed by atoms with E-state index >= 15 is 0 Å². The number of rotatable bonds is 8. The number of amides is 1. The number of sulfonamides is 1. The van der Waals surface area contributed by atoms with E-state index in [-0.39, 0.29) is 17.9 Å². The van der Waals surface area contributed by atoms with Gasteiger partial charge in [0.05, 0.1) is 11.7 Å². The second-order valence-corrected chi connectivity index (χ2v) is 11.2. The highest BCUT2D eigenvalue weighted by atomic mass is 32.2. The summed E-state index contributed by atoms with van der Waals surface area (Å²) in [6, 6.07) is 12.4. The highest BCUT2D eigenvalue weighted by Gasteiger charge is 2.32. The first-order chi connectivity index (χ1) is 17.7. The fraction of sp³-hybridized carbons (Fsp3) is 0.385. The Labute approximate surface area is 215 Å². The van der Waals surface area contributed by atoms with Crippen molar-refractivity contribution in [2.75, 3.05) is 18.8 Å². The van der Waals surface area contributed by atoms with Crippen LogP contribution in [0, 0.1) is 11.3 Å². The molecule has 0 spiro atoms. The van der Waals surface area contributed by atoms with E-state index in [0.29, 0.717) is 48.6 Å². The van der Waals surface area contributed by atoms with E-state index < -0.39 is 21.8 Å². The third kappa shape index (κ3) is 5.21. The molecule has 1 amide bonds. The maximum absolute atomic E-state index is 12.7. The van der Waals surface area contributed by atoms with E-state index in [1.807, 2.05) is 32.0 Å². The molecule has 1 aliphatic heterocycles. The van der Waals surface area contributed by atoms with Crippen molar-refractivity contribution in [3.63, 3.8) is 0 Å². The second kappa shape index (κ2) is 9.95.